The Morgan fingerprint density at radius 1 is 1.26 bits per heavy atom. The molecule has 1 unspecified atom stereocenters. The van der Waals surface area contributed by atoms with Crippen molar-refractivity contribution in [2.24, 2.45) is 5.73 Å². The predicted octanol–water partition coefficient (Wildman–Crippen LogP) is -0.658. The highest BCUT2D eigenvalue weighted by Crippen LogP contribution is 2.29. The molecule has 8 nitrogen and oxygen atoms in total. The van der Waals surface area contributed by atoms with Crippen molar-refractivity contribution in [1.82, 2.24) is 15.1 Å². The van der Waals surface area contributed by atoms with Gasteiger partial charge in [-0.2, -0.15) is 0 Å². The first kappa shape index (κ1) is 18.1. The van der Waals surface area contributed by atoms with Gasteiger partial charge in [0.1, 0.15) is 6.04 Å². The fourth-order valence-corrected chi connectivity index (χ4v) is 4.36. The average Bonchev–Trinajstić information content (AvgIpc) is 3.14. The van der Waals surface area contributed by atoms with Crippen molar-refractivity contribution < 1.29 is 19.5 Å². The summed E-state index contributed by atoms with van der Waals surface area (Å²) in [7, 11) is 0. The number of rotatable bonds is 4. The molecule has 0 radical (unpaired) electrons. The molecule has 4 rings (SSSR count). The number of nitrogens with zero attached hydrogens (tertiary/aromatic N) is 2. The van der Waals surface area contributed by atoms with Crippen LogP contribution in [0.25, 0.3) is 0 Å². The number of nitrogens with one attached hydrogen (secondary N) is 1. The molecule has 3 amide bonds. The summed E-state index contributed by atoms with van der Waals surface area (Å²) >= 11 is 0. The number of likely N-dealkylation sites (tertiary alicyclic amines) is 1. The minimum absolute atomic E-state index is 0.162. The molecule has 0 saturated carbocycles. The van der Waals surface area contributed by atoms with Crippen LogP contribution < -0.4 is 11.1 Å². The SMILES string of the molecule is NC[C@H]1C[C@H](O)CN1Cc1ccc2c(c1)CN(C1CCC(=O)NC1=O)C2=O. The molecule has 144 valence electrons. The van der Waals surface area contributed by atoms with Crippen LogP contribution in [0.2, 0.25) is 0 Å². The Hall–Kier alpha value is -2.29. The highest BCUT2D eigenvalue weighted by molar-refractivity contribution is 6.05. The summed E-state index contributed by atoms with van der Waals surface area (Å²) in [6.07, 6.45) is 0.946. The number of nitrogens with two attached hydrogens (primary N) is 1. The van der Waals surface area contributed by atoms with Gasteiger partial charge in [-0.05, 0) is 30.0 Å². The lowest BCUT2D eigenvalue weighted by molar-refractivity contribution is -0.136. The van der Waals surface area contributed by atoms with Crippen LogP contribution in [0.4, 0.5) is 0 Å². The molecule has 0 aromatic heterocycles. The molecule has 3 heterocycles. The molecule has 2 saturated heterocycles. The lowest BCUT2D eigenvalue weighted by atomic mass is 10.0. The van der Waals surface area contributed by atoms with Crippen LogP contribution >= 0.6 is 0 Å². The second-order valence-corrected chi connectivity index (χ2v) is 7.60. The van der Waals surface area contributed by atoms with Gasteiger partial charge < -0.3 is 15.7 Å². The van der Waals surface area contributed by atoms with E-state index in [-0.39, 0.29) is 30.4 Å². The number of carbonyl (C=O) groups excluding carboxylic acids is 3. The van der Waals surface area contributed by atoms with E-state index in [9.17, 15) is 19.5 Å². The van der Waals surface area contributed by atoms with E-state index < -0.39 is 11.9 Å². The Kier molecular flexibility index (Phi) is 4.71. The molecule has 8 heteroatoms. The molecule has 4 N–H and O–H groups in total. The second kappa shape index (κ2) is 7.03. The van der Waals surface area contributed by atoms with Crippen LogP contribution in [0, 0.1) is 0 Å². The van der Waals surface area contributed by atoms with Crippen LogP contribution in [0.1, 0.15) is 40.7 Å². The number of fused-ring (bicyclic) bond motifs is 1. The van der Waals surface area contributed by atoms with Gasteiger partial charge in [0.25, 0.3) is 5.91 Å². The average molecular weight is 372 g/mol. The maximum atomic E-state index is 12.7. The minimum atomic E-state index is -0.596. The van der Waals surface area contributed by atoms with E-state index >= 15 is 0 Å². The number of hydrogen-bond donors (Lipinski definition) is 3. The van der Waals surface area contributed by atoms with Gasteiger partial charge in [-0.15, -0.1) is 0 Å². The maximum Gasteiger partial charge on any atom is 0.255 e. The van der Waals surface area contributed by atoms with E-state index in [1.165, 1.54) is 0 Å². The van der Waals surface area contributed by atoms with Crippen molar-refractivity contribution in [1.29, 1.82) is 0 Å². The molecule has 1 aromatic carbocycles. The molecule has 27 heavy (non-hydrogen) atoms. The van der Waals surface area contributed by atoms with Crippen LogP contribution in [-0.2, 0) is 22.7 Å². The zero-order chi connectivity index (χ0) is 19.1. The first-order valence-corrected chi connectivity index (χ1v) is 9.35. The number of carbonyl (C=O) groups is 3. The predicted molar refractivity (Wildman–Crippen MR) is 96.4 cm³/mol. The van der Waals surface area contributed by atoms with Gasteiger partial charge in [0.15, 0.2) is 0 Å². The normalized spacial score (nSPS) is 28.6. The zero-order valence-electron chi connectivity index (χ0n) is 15.1. The van der Waals surface area contributed by atoms with Gasteiger partial charge in [0.05, 0.1) is 6.10 Å². The molecule has 2 fully saturated rings. The Morgan fingerprint density at radius 2 is 2.07 bits per heavy atom. The first-order chi connectivity index (χ1) is 13.0. The van der Waals surface area contributed by atoms with Gasteiger partial charge in [-0.25, -0.2) is 0 Å². The number of aliphatic hydroxyl groups is 1. The minimum Gasteiger partial charge on any atom is -0.392 e. The smallest absolute Gasteiger partial charge is 0.255 e. The van der Waals surface area contributed by atoms with Crippen molar-refractivity contribution >= 4 is 17.7 Å². The Morgan fingerprint density at radius 3 is 2.81 bits per heavy atom. The van der Waals surface area contributed by atoms with Crippen LogP contribution in [0.5, 0.6) is 0 Å². The van der Waals surface area contributed by atoms with Crippen molar-refractivity contribution in [3.8, 4) is 0 Å². The molecule has 3 aliphatic heterocycles. The summed E-state index contributed by atoms with van der Waals surface area (Å²) in [4.78, 5) is 39.9. The van der Waals surface area contributed by atoms with Crippen molar-refractivity contribution in [3.63, 3.8) is 0 Å². The highest BCUT2D eigenvalue weighted by Gasteiger charge is 2.39. The third-order valence-electron chi connectivity index (χ3n) is 5.75. The van der Waals surface area contributed by atoms with Gasteiger partial charge in [0, 0.05) is 44.2 Å². The molecular weight excluding hydrogens is 348 g/mol. The van der Waals surface area contributed by atoms with Crippen LogP contribution in [0.15, 0.2) is 18.2 Å². The van der Waals surface area contributed by atoms with Gasteiger partial charge in [0.2, 0.25) is 11.8 Å². The van der Waals surface area contributed by atoms with Crippen LogP contribution in [0.3, 0.4) is 0 Å². The number of imide groups is 1. The molecule has 0 aliphatic carbocycles. The summed E-state index contributed by atoms with van der Waals surface area (Å²) in [6, 6.07) is 5.29. The number of amides is 3. The summed E-state index contributed by atoms with van der Waals surface area (Å²) in [5, 5.41) is 12.2. The molecular formula is C19H24N4O4. The second-order valence-electron chi connectivity index (χ2n) is 7.60. The summed E-state index contributed by atoms with van der Waals surface area (Å²) in [6.45, 7) is 2.14. The molecule has 3 aliphatic rings. The van der Waals surface area contributed by atoms with Gasteiger partial charge >= 0.3 is 0 Å². The third kappa shape index (κ3) is 3.36. The number of hydrogen-bond acceptors (Lipinski definition) is 6. The van der Waals surface area contributed by atoms with E-state index in [0.717, 1.165) is 11.1 Å². The fraction of sp³-hybridized carbons (Fsp3) is 0.526. The Labute approximate surface area is 157 Å². The van der Waals surface area contributed by atoms with E-state index in [1.807, 2.05) is 18.2 Å². The van der Waals surface area contributed by atoms with E-state index in [2.05, 4.69) is 10.2 Å². The summed E-state index contributed by atoms with van der Waals surface area (Å²) in [5.41, 5.74) is 8.37. The Balaban J connectivity index is 1.49. The Bertz CT molecular complexity index is 796. The topological polar surface area (TPSA) is 116 Å². The van der Waals surface area contributed by atoms with E-state index in [4.69, 9.17) is 5.73 Å². The lowest BCUT2D eigenvalue weighted by Gasteiger charge is -2.29. The highest BCUT2D eigenvalue weighted by atomic mass is 16.3. The summed E-state index contributed by atoms with van der Waals surface area (Å²) in [5.74, 6) is -0.850. The third-order valence-corrected chi connectivity index (χ3v) is 5.75. The molecule has 0 bridgehead atoms. The van der Waals surface area contributed by atoms with Crippen molar-refractivity contribution in [2.75, 3.05) is 13.1 Å². The van der Waals surface area contributed by atoms with Gasteiger partial charge in [-0.3, -0.25) is 24.6 Å². The maximum absolute atomic E-state index is 12.7. The quantitative estimate of drug-likeness (QED) is 0.605. The number of piperidine rings is 1. The van der Waals surface area contributed by atoms with E-state index in [0.29, 0.717) is 44.6 Å². The largest absolute Gasteiger partial charge is 0.392 e. The molecule has 3 atom stereocenters. The van der Waals surface area contributed by atoms with Crippen molar-refractivity contribution in [3.05, 3.63) is 34.9 Å². The number of aliphatic hydroxyl groups excluding tert-OH is 1. The lowest BCUT2D eigenvalue weighted by Crippen LogP contribution is -2.52. The monoisotopic (exact) mass is 372 g/mol. The van der Waals surface area contributed by atoms with Crippen molar-refractivity contribution in [2.45, 2.75) is 50.5 Å². The zero-order valence-corrected chi connectivity index (χ0v) is 15.1. The number of β-amino-alcohol motifs (C(OH)–C–C–N with tert-alkyl or cyclic N) is 1. The van der Waals surface area contributed by atoms with Crippen LogP contribution in [-0.4, -0.2) is 63.9 Å². The number of benzene rings is 1. The van der Waals surface area contributed by atoms with Gasteiger partial charge in [-0.1, -0.05) is 12.1 Å². The molecule has 0 spiro atoms. The fourth-order valence-electron chi connectivity index (χ4n) is 4.36. The summed E-state index contributed by atoms with van der Waals surface area (Å²) < 4.78 is 0. The first-order valence-electron chi connectivity index (χ1n) is 9.35. The van der Waals surface area contributed by atoms with E-state index in [1.54, 1.807) is 4.90 Å². The standard InChI is InChI=1S/C19H24N4O4/c20-7-13-6-14(24)10-22(13)8-11-1-2-15-12(5-11)9-23(19(15)27)16-3-4-17(25)21-18(16)26/h1-2,5,13-14,16,24H,3-4,6-10,20H2,(H,21,25,26)/t13-,14+,16?/m1/s1. The molecule has 1 aromatic rings.